The fraction of sp³-hybridized carbons (Fsp3) is 0.789. The monoisotopic (exact) mass is 368 g/mol. The molecular formula is C19H32N2O5. The lowest BCUT2D eigenvalue weighted by Gasteiger charge is -2.17. The molecule has 26 heavy (non-hydrogen) atoms. The molecule has 0 saturated carbocycles. The van der Waals surface area contributed by atoms with E-state index in [2.05, 4.69) is 11.9 Å². The Morgan fingerprint density at radius 1 is 0.962 bits per heavy atom. The number of carboxylic acids is 2. The zero-order chi connectivity index (χ0) is 19.4. The SMILES string of the molecule is CCCCCCCCCCCC(=O)C1CN(CC(=O)O)C(CC(=O)O)=N1. The molecule has 0 bridgehead atoms. The predicted molar refractivity (Wildman–Crippen MR) is 99.5 cm³/mol. The van der Waals surface area contributed by atoms with Crippen LogP contribution >= 0.6 is 0 Å². The van der Waals surface area contributed by atoms with Gasteiger partial charge in [-0.25, -0.2) is 0 Å². The highest BCUT2D eigenvalue weighted by atomic mass is 16.4. The fourth-order valence-corrected chi connectivity index (χ4v) is 3.18. The van der Waals surface area contributed by atoms with E-state index in [4.69, 9.17) is 10.2 Å². The van der Waals surface area contributed by atoms with E-state index < -0.39 is 18.0 Å². The number of Topliss-reactive ketones (excluding diaryl/α,β-unsaturated/α-hetero) is 1. The number of carbonyl (C=O) groups excluding carboxylic acids is 1. The van der Waals surface area contributed by atoms with Gasteiger partial charge in [-0.1, -0.05) is 58.3 Å². The third-order valence-corrected chi connectivity index (χ3v) is 4.60. The third kappa shape index (κ3) is 8.97. The number of hydrogen-bond acceptors (Lipinski definition) is 5. The number of rotatable bonds is 15. The second-order valence-corrected chi connectivity index (χ2v) is 6.95. The fourth-order valence-electron chi connectivity index (χ4n) is 3.18. The lowest BCUT2D eigenvalue weighted by molar-refractivity contribution is -0.138. The topological polar surface area (TPSA) is 107 Å². The van der Waals surface area contributed by atoms with Crippen LogP contribution in [-0.2, 0) is 14.4 Å². The third-order valence-electron chi connectivity index (χ3n) is 4.60. The summed E-state index contributed by atoms with van der Waals surface area (Å²) >= 11 is 0. The molecule has 0 saturated heterocycles. The summed E-state index contributed by atoms with van der Waals surface area (Å²) in [5, 5.41) is 17.8. The maximum absolute atomic E-state index is 12.3. The van der Waals surface area contributed by atoms with Crippen molar-refractivity contribution in [2.75, 3.05) is 13.1 Å². The van der Waals surface area contributed by atoms with Gasteiger partial charge in [-0.2, -0.15) is 0 Å². The zero-order valence-corrected chi connectivity index (χ0v) is 15.8. The van der Waals surface area contributed by atoms with Crippen LogP contribution in [0, 0.1) is 0 Å². The van der Waals surface area contributed by atoms with Crippen LogP contribution in [0.15, 0.2) is 4.99 Å². The Morgan fingerprint density at radius 2 is 1.54 bits per heavy atom. The van der Waals surface area contributed by atoms with E-state index in [0.717, 1.165) is 19.3 Å². The van der Waals surface area contributed by atoms with Gasteiger partial charge in [-0.15, -0.1) is 0 Å². The number of ketones is 1. The molecular weight excluding hydrogens is 336 g/mol. The average Bonchev–Trinajstić information content (AvgIpc) is 2.94. The summed E-state index contributed by atoms with van der Waals surface area (Å²) in [6.45, 7) is 2.05. The van der Waals surface area contributed by atoms with Crippen LogP contribution in [0.25, 0.3) is 0 Å². The van der Waals surface area contributed by atoms with Gasteiger partial charge < -0.3 is 15.1 Å². The first-order valence-corrected chi connectivity index (χ1v) is 9.72. The van der Waals surface area contributed by atoms with Crippen LogP contribution < -0.4 is 0 Å². The highest BCUT2D eigenvalue weighted by Gasteiger charge is 2.31. The van der Waals surface area contributed by atoms with Crippen molar-refractivity contribution in [2.24, 2.45) is 4.99 Å². The van der Waals surface area contributed by atoms with Gasteiger partial charge in [0.05, 0.1) is 0 Å². The van der Waals surface area contributed by atoms with Gasteiger partial charge in [0.25, 0.3) is 0 Å². The molecule has 1 aliphatic rings. The quantitative estimate of drug-likeness (QED) is 0.430. The molecule has 0 aromatic rings. The lowest BCUT2D eigenvalue weighted by atomic mass is 10.0. The first-order valence-electron chi connectivity index (χ1n) is 9.72. The van der Waals surface area contributed by atoms with Gasteiger partial charge in [-0.3, -0.25) is 19.4 Å². The molecule has 0 aliphatic carbocycles. The first kappa shape index (κ1) is 22.1. The molecule has 0 fully saturated rings. The van der Waals surface area contributed by atoms with Crippen molar-refractivity contribution >= 4 is 23.6 Å². The number of aliphatic imine (C=N–C) groups is 1. The first-order chi connectivity index (χ1) is 12.4. The van der Waals surface area contributed by atoms with Gasteiger partial charge in [0.2, 0.25) is 0 Å². The summed E-state index contributed by atoms with van der Waals surface area (Å²) in [6, 6.07) is -0.627. The van der Waals surface area contributed by atoms with Gasteiger partial charge >= 0.3 is 11.9 Å². The summed E-state index contributed by atoms with van der Waals surface area (Å²) in [5.41, 5.74) is 0. The Hall–Kier alpha value is -1.92. The smallest absolute Gasteiger partial charge is 0.323 e. The number of amidine groups is 1. The Morgan fingerprint density at radius 3 is 2.08 bits per heavy atom. The van der Waals surface area contributed by atoms with E-state index in [9.17, 15) is 14.4 Å². The largest absolute Gasteiger partial charge is 0.481 e. The molecule has 0 spiro atoms. The highest BCUT2D eigenvalue weighted by Crippen LogP contribution is 2.16. The number of hydrogen-bond donors (Lipinski definition) is 2. The number of carbonyl (C=O) groups is 3. The number of unbranched alkanes of at least 4 members (excludes halogenated alkanes) is 8. The van der Waals surface area contributed by atoms with Gasteiger partial charge in [0.15, 0.2) is 5.78 Å². The Kier molecular flexibility index (Phi) is 10.6. The number of carboxylic acid groups (broad SMARTS) is 2. The van der Waals surface area contributed by atoms with Crippen LogP contribution in [0.1, 0.15) is 77.6 Å². The Balaban J connectivity index is 2.28. The summed E-state index contributed by atoms with van der Waals surface area (Å²) in [5.74, 6) is -1.98. The van der Waals surface area contributed by atoms with Crippen LogP contribution in [0.3, 0.4) is 0 Å². The summed E-state index contributed by atoms with van der Waals surface area (Å²) in [4.78, 5) is 39.6. The number of aliphatic carboxylic acids is 2. The van der Waals surface area contributed by atoms with E-state index in [0.29, 0.717) is 6.42 Å². The molecule has 0 radical (unpaired) electrons. The second-order valence-electron chi connectivity index (χ2n) is 6.95. The van der Waals surface area contributed by atoms with Crippen molar-refractivity contribution in [3.05, 3.63) is 0 Å². The van der Waals surface area contributed by atoms with Crippen molar-refractivity contribution < 1.29 is 24.6 Å². The minimum absolute atomic E-state index is 0.0243. The van der Waals surface area contributed by atoms with E-state index >= 15 is 0 Å². The average molecular weight is 368 g/mol. The van der Waals surface area contributed by atoms with Crippen molar-refractivity contribution in [1.82, 2.24) is 4.90 Å². The minimum atomic E-state index is -1.08. The minimum Gasteiger partial charge on any atom is -0.481 e. The molecule has 148 valence electrons. The molecule has 0 aromatic carbocycles. The molecule has 1 aliphatic heterocycles. The van der Waals surface area contributed by atoms with Gasteiger partial charge in [-0.05, 0) is 6.42 Å². The Bertz CT molecular complexity index is 504. The number of nitrogens with zero attached hydrogens (tertiary/aromatic N) is 2. The zero-order valence-electron chi connectivity index (χ0n) is 15.8. The van der Waals surface area contributed by atoms with E-state index in [1.165, 1.54) is 43.4 Å². The molecule has 0 aromatic heterocycles. The molecule has 2 N–H and O–H groups in total. The normalized spacial score (nSPS) is 16.6. The standard InChI is InChI=1S/C19H32N2O5/c1-2-3-4-5-6-7-8-9-10-11-16(22)15-13-21(14-19(25)26)17(20-15)12-18(23)24/h15H,2-14H2,1H3,(H,23,24)(H,25,26). The summed E-state index contributed by atoms with van der Waals surface area (Å²) in [6.07, 6.45) is 10.6. The second kappa shape index (κ2) is 12.4. The van der Waals surface area contributed by atoms with E-state index in [1.807, 2.05) is 0 Å². The van der Waals surface area contributed by atoms with Crippen LogP contribution in [0.2, 0.25) is 0 Å². The van der Waals surface area contributed by atoms with E-state index in [1.54, 1.807) is 0 Å². The molecule has 7 heteroatoms. The van der Waals surface area contributed by atoms with Crippen LogP contribution in [-0.4, -0.2) is 57.8 Å². The summed E-state index contributed by atoms with van der Waals surface area (Å²) < 4.78 is 0. The van der Waals surface area contributed by atoms with Crippen LogP contribution in [0.4, 0.5) is 0 Å². The van der Waals surface area contributed by atoms with Gasteiger partial charge in [0, 0.05) is 13.0 Å². The molecule has 1 unspecified atom stereocenters. The molecule has 0 amide bonds. The Labute approximate surface area is 155 Å². The van der Waals surface area contributed by atoms with Crippen molar-refractivity contribution in [3.8, 4) is 0 Å². The maximum Gasteiger partial charge on any atom is 0.323 e. The molecule has 1 atom stereocenters. The predicted octanol–water partition coefficient (Wildman–Crippen LogP) is 3.12. The van der Waals surface area contributed by atoms with Gasteiger partial charge in [0.1, 0.15) is 24.8 Å². The van der Waals surface area contributed by atoms with Crippen molar-refractivity contribution in [3.63, 3.8) is 0 Å². The van der Waals surface area contributed by atoms with E-state index in [-0.39, 0.29) is 31.1 Å². The van der Waals surface area contributed by atoms with Crippen molar-refractivity contribution in [1.29, 1.82) is 0 Å². The molecule has 1 rings (SSSR count). The lowest BCUT2D eigenvalue weighted by Crippen LogP contribution is -2.36. The summed E-state index contributed by atoms with van der Waals surface area (Å²) in [7, 11) is 0. The van der Waals surface area contributed by atoms with Crippen LogP contribution in [0.5, 0.6) is 0 Å². The molecule has 1 heterocycles. The maximum atomic E-state index is 12.3. The van der Waals surface area contributed by atoms with Crippen molar-refractivity contribution in [2.45, 2.75) is 83.6 Å². The molecule has 7 nitrogen and oxygen atoms in total. The highest BCUT2D eigenvalue weighted by molar-refractivity contribution is 6.01.